The van der Waals surface area contributed by atoms with Crippen LogP contribution in [0.25, 0.3) is 0 Å². The number of pyridine rings is 2. The third kappa shape index (κ3) is 2.74. The van der Waals surface area contributed by atoms with Gasteiger partial charge in [0.25, 0.3) is 0 Å². The first-order valence-corrected chi connectivity index (χ1v) is 5.85. The summed E-state index contributed by atoms with van der Waals surface area (Å²) in [6.07, 6.45) is 3.49. The van der Waals surface area contributed by atoms with Gasteiger partial charge in [0.05, 0.1) is 17.4 Å². The number of rotatable bonds is 3. The van der Waals surface area contributed by atoms with Gasteiger partial charge in [0.15, 0.2) is 5.15 Å². The van der Waals surface area contributed by atoms with Crippen molar-refractivity contribution in [1.82, 2.24) is 9.97 Å². The van der Waals surface area contributed by atoms with E-state index in [1.54, 1.807) is 12.4 Å². The first kappa shape index (κ1) is 11.9. The van der Waals surface area contributed by atoms with Crippen LogP contribution in [0.2, 0.25) is 5.15 Å². The van der Waals surface area contributed by atoms with Crippen LogP contribution < -0.4 is 5.32 Å². The predicted molar refractivity (Wildman–Crippen MR) is 70.3 cm³/mol. The van der Waals surface area contributed by atoms with E-state index in [9.17, 15) is 0 Å². The predicted octanol–water partition coefficient (Wildman–Crippen LogP) is 3.61. The minimum atomic E-state index is 0.0941. The zero-order chi connectivity index (χ0) is 12.3. The van der Waals surface area contributed by atoms with E-state index < -0.39 is 0 Å². The molecule has 1 unspecified atom stereocenters. The molecule has 1 atom stereocenters. The van der Waals surface area contributed by atoms with Crippen LogP contribution in [0, 0.1) is 6.92 Å². The topological polar surface area (TPSA) is 37.8 Å². The summed E-state index contributed by atoms with van der Waals surface area (Å²) < 4.78 is 0. The number of halogens is 1. The number of hydrogen-bond donors (Lipinski definition) is 1. The first-order valence-electron chi connectivity index (χ1n) is 5.47. The lowest BCUT2D eigenvalue weighted by Crippen LogP contribution is -2.09. The van der Waals surface area contributed by atoms with Gasteiger partial charge in [0, 0.05) is 12.4 Å². The molecule has 0 amide bonds. The molecule has 3 nitrogen and oxygen atoms in total. The van der Waals surface area contributed by atoms with Crippen molar-refractivity contribution in [1.29, 1.82) is 0 Å². The second-order valence-electron chi connectivity index (χ2n) is 3.91. The fourth-order valence-corrected chi connectivity index (χ4v) is 1.88. The maximum absolute atomic E-state index is 6.07. The summed E-state index contributed by atoms with van der Waals surface area (Å²) in [5, 5.41) is 3.83. The van der Waals surface area contributed by atoms with Crippen LogP contribution in [0.15, 0.2) is 36.7 Å². The van der Waals surface area contributed by atoms with Crippen LogP contribution in [0.5, 0.6) is 0 Å². The van der Waals surface area contributed by atoms with Gasteiger partial charge in [0.2, 0.25) is 0 Å². The lowest BCUT2D eigenvalue weighted by Gasteiger charge is -2.17. The number of nitrogens with zero attached hydrogens (tertiary/aromatic N) is 2. The van der Waals surface area contributed by atoms with Gasteiger partial charge in [-0.25, -0.2) is 4.98 Å². The van der Waals surface area contributed by atoms with Gasteiger partial charge >= 0.3 is 0 Å². The zero-order valence-electron chi connectivity index (χ0n) is 9.81. The molecule has 2 rings (SSSR count). The van der Waals surface area contributed by atoms with E-state index in [4.69, 9.17) is 11.6 Å². The Hall–Kier alpha value is -1.61. The molecule has 1 N–H and O–H groups in total. The van der Waals surface area contributed by atoms with E-state index >= 15 is 0 Å². The van der Waals surface area contributed by atoms with Gasteiger partial charge in [-0.05, 0) is 37.6 Å². The minimum absolute atomic E-state index is 0.0941. The second kappa shape index (κ2) is 5.15. The zero-order valence-corrected chi connectivity index (χ0v) is 10.6. The van der Waals surface area contributed by atoms with Crippen LogP contribution >= 0.6 is 11.6 Å². The highest BCUT2D eigenvalue weighted by Crippen LogP contribution is 2.26. The van der Waals surface area contributed by atoms with E-state index in [1.807, 2.05) is 38.1 Å². The molecule has 0 fully saturated rings. The Morgan fingerprint density at radius 2 is 2.00 bits per heavy atom. The average molecular weight is 248 g/mol. The summed E-state index contributed by atoms with van der Waals surface area (Å²) in [4.78, 5) is 8.38. The molecule has 4 heteroatoms. The Labute approximate surface area is 106 Å². The average Bonchev–Trinajstić information content (AvgIpc) is 2.35. The van der Waals surface area contributed by atoms with Gasteiger partial charge in [0.1, 0.15) is 0 Å². The first-order chi connectivity index (χ1) is 8.18. The van der Waals surface area contributed by atoms with Gasteiger partial charge in [-0.3, -0.25) is 4.98 Å². The van der Waals surface area contributed by atoms with Crippen molar-refractivity contribution in [3.8, 4) is 0 Å². The fraction of sp³-hybridized carbons (Fsp3) is 0.231. The molecule has 0 radical (unpaired) electrons. The third-order valence-electron chi connectivity index (χ3n) is 2.61. The van der Waals surface area contributed by atoms with Crippen LogP contribution in [-0.2, 0) is 0 Å². The van der Waals surface area contributed by atoms with Crippen LogP contribution in [0.4, 0.5) is 5.69 Å². The van der Waals surface area contributed by atoms with Crippen molar-refractivity contribution >= 4 is 17.3 Å². The molecule has 0 saturated carbocycles. The molecular formula is C13H14ClN3. The molecule has 2 aromatic heterocycles. The summed E-state index contributed by atoms with van der Waals surface area (Å²) in [5.74, 6) is 0. The number of nitrogens with one attached hydrogen (secondary N) is 1. The molecule has 0 aromatic carbocycles. The van der Waals surface area contributed by atoms with Crippen LogP contribution in [0.1, 0.15) is 24.2 Å². The van der Waals surface area contributed by atoms with E-state index in [0.717, 1.165) is 16.9 Å². The monoisotopic (exact) mass is 247 g/mol. The molecule has 88 valence electrons. The molecule has 0 spiro atoms. The highest BCUT2D eigenvalue weighted by Gasteiger charge is 2.10. The van der Waals surface area contributed by atoms with Crippen LogP contribution in [-0.4, -0.2) is 9.97 Å². The molecule has 2 aromatic rings. The minimum Gasteiger partial charge on any atom is -0.374 e. The van der Waals surface area contributed by atoms with Crippen molar-refractivity contribution < 1.29 is 0 Å². The molecule has 0 aliphatic carbocycles. The number of hydrogen-bond acceptors (Lipinski definition) is 3. The smallest absolute Gasteiger partial charge is 0.152 e. The third-order valence-corrected chi connectivity index (χ3v) is 2.89. The van der Waals surface area contributed by atoms with Gasteiger partial charge in [-0.2, -0.15) is 0 Å². The standard InChI is InChI=1S/C13H14ClN3/c1-9-6-8-16-13(14)12(9)17-10(2)11-5-3-4-7-15-11/h3-8,10,17H,1-2H3. The van der Waals surface area contributed by atoms with Crippen molar-refractivity contribution in [3.05, 3.63) is 53.1 Å². The van der Waals surface area contributed by atoms with E-state index in [0.29, 0.717) is 5.15 Å². The summed E-state index contributed by atoms with van der Waals surface area (Å²) in [5.41, 5.74) is 2.92. The van der Waals surface area contributed by atoms with Crippen molar-refractivity contribution in [2.75, 3.05) is 5.32 Å². The molecule has 0 aliphatic heterocycles. The van der Waals surface area contributed by atoms with E-state index in [1.165, 1.54) is 0 Å². The van der Waals surface area contributed by atoms with Crippen molar-refractivity contribution in [2.45, 2.75) is 19.9 Å². The van der Waals surface area contributed by atoms with Crippen molar-refractivity contribution in [3.63, 3.8) is 0 Å². The Morgan fingerprint density at radius 1 is 1.18 bits per heavy atom. The Bertz CT molecular complexity index is 479. The summed E-state index contributed by atoms with van der Waals surface area (Å²) in [6, 6.07) is 7.88. The molecule has 17 heavy (non-hydrogen) atoms. The fourth-order valence-electron chi connectivity index (χ4n) is 1.62. The largest absolute Gasteiger partial charge is 0.374 e. The highest BCUT2D eigenvalue weighted by molar-refractivity contribution is 6.32. The maximum atomic E-state index is 6.07. The number of aromatic nitrogens is 2. The summed E-state index contributed by atoms with van der Waals surface area (Å²) >= 11 is 6.07. The quantitative estimate of drug-likeness (QED) is 0.842. The molecular weight excluding hydrogens is 234 g/mol. The van der Waals surface area contributed by atoms with E-state index in [-0.39, 0.29) is 6.04 Å². The summed E-state index contributed by atoms with van der Waals surface area (Å²) in [6.45, 7) is 4.05. The van der Waals surface area contributed by atoms with Crippen molar-refractivity contribution in [2.24, 2.45) is 0 Å². The molecule has 0 bridgehead atoms. The lowest BCUT2D eigenvalue weighted by molar-refractivity contribution is 0.836. The molecule has 2 heterocycles. The molecule has 0 aliphatic rings. The normalized spacial score (nSPS) is 12.2. The van der Waals surface area contributed by atoms with Gasteiger partial charge in [-0.15, -0.1) is 0 Å². The second-order valence-corrected chi connectivity index (χ2v) is 4.27. The van der Waals surface area contributed by atoms with E-state index in [2.05, 4.69) is 15.3 Å². The Balaban J connectivity index is 2.22. The summed E-state index contributed by atoms with van der Waals surface area (Å²) in [7, 11) is 0. The van der Waals surface area contributed by atoms with Gasteiger partial charge in [-0.1, -0.05) is 17.7 Å². The number of anilines is 1. The van der Waals surface area contributed by atoms with Crippen LogP contribution in [0.3, 0.4) is 0 Å². The maximum Gasteiger partial charge on any atom is 0.152 e. The lowest BCUT2D eigenvalue weighted by atomic mass is 10.2. The Kier molecular flexibility index (Phi) is 3.59. The van der Waals surface area contributed by atoms with Gasteiger partial charge < -0.3 is 5.32 Å². The Morgan fingerprint density at radius 3 is 2.65 bits per heavy atom. The molecule has 0 saturated heterocycles. The SMILES string of the molecule is Cc1ccnc(Cl)c1NC(C)c1ccccn1. The number of aryl methyl sites for hydroxylation is 1. The highest BCUT2D eigenvalue weighted by atomic mass is 35.5.